The Morgan fingerprint density at radius 1 is 0.860 bits per heavy atom. The van der Waals surface area contributed by atoms with Crippen molar-refractivity contribution in [1.29, 1.82) is 0 Å². The number of benzene rings is 3. The van der Waals surface area contributed by atoms with E-state index in [9.17, 15) is 9.59 Å². The Morgan fingerprint density at radius 2 is 1.56 bits per heavy atom. The molecule has 2 N–H and O–H groups in total. The van der Waals surface area contributed by atoms with Crippen molar-refractivity contribution < 1.29 is 23.8 Å². The zero-order valence-electron chi connectivity index (χ0n) is 25.1. The lowest BCUT2D eigenvalue weighted by Gasteiger charge is -2.35. The normalized spacial score (nSPS) is 16.0. The molecule has 5 rings (SSSR count). The maximum absolute atomic E-state index is 13.6. The lowest BCUT2D eigenvalue weighted by molar-refractivity contribution is 0.0383. The number of rotatable bonds is 11. The molecule has 3 aromatic rings. The zero-order valence-corrected chi connectivity index (χ0v) is 25.1. The molecule has 3 aromatic carbocycles. The summed E-state index contributed by atoms with van der Waals surface area (Å²) in [5.41, 5.74) is 3.63. The smallest absolute Gasteiger partial charge is 0.263 e. The van der Waals surface area contributed by atoms with Crippen molar-refractivity contribution in [1.82, 2.24) is 10.2 Å². The number of amides is 2. The fraction of sp³-hybridized carbons (Fsp3) is 0.412. The first-order valence-corrected chi connectivity index (χ1v) is 15.1. The van der Waals surface area contributed by atoms with Gasteiger partial charge in [-0.2, -0.15) is 0 Å². The quantitative estimate of drug-likeness (QED) is 0.342. The van der Waals surface area contributed by atoms with Crippen molar-refractivity contribution in [2.75, 3.05) is 76.9 Å². The molecule has 0 aromatic heterocycles. The van der Waals surface area contributed by atoms with Crippen molar-refractivity contribution in [3.8, 4) is 11.5 Å². The highest BCUT2D eigenvalue weighted by Gasteiger charge is 2.25. The van der Waals surface area contributed by atoms with E-state index in [1.165, 1.54) is 19.8 Å². The first kappa shape index (κ1) is 30.4. The van der Waals surface area contributed by atoms with Gasteiger partial charge in [-0.1, -0.05) is 36.4 Å². The molecular weight excluding hydrogens is 544 g/mol. The summed E-state index contributed by atoms with van der Waals surface area (Å²) in [6.07, 6.45) is 3.18. The molecule has 0 spiro atoms. The Kier molecular flexibility index (Phi) is 10.5. The van der Waals surface area contributed by atoms with E-state index >= 15 is 0 Å². The maximum Gasteiger partial charge on any atom is 0.263 e. The molecule has 228 valence electrons. The molecule has 0 atom stereocenters. The van der Waals surface area contributed by atoms with E-state index in [1.807, 2.05) is 12.1 Å². The molecule has 0 unspecified atom stereocenters. The fourth-order valence-corrected chi connectivity index (χ4v) is 5.91. The summed E-state index contributed by atoms with van der Waals surface area (Å²) in [6, 6.07) is 21.4. The molecule has 0 saturated carbocycles. The summed E-state index contributed by atoms with van der Waals surface area (Å²) in [5, 5.41) is 6.07. The van der Waals surface area contributed by atoms with Crippen LogP contribution in [0.2, 0.25) is 0 Å². The number of ether oxygens (including phenoxy) is 3. The van der Waals surface area contributed by atoms with Crippen LogP contribution in [-0.4, -0.2) is 83.4 Å². The van der Waals surface area contributed by atoms with Gasteiger partial charge in [0, 0.05) is 50.6 Å². The number of hydrogen-bond acceptors (Lipinski definition) is 7. The van der Waals surface area contributed by atoms with Crippen LogP contribution in [0, 0.1) is 5.92 Å². The Morgan fingerprint density at radius 3 is 2.23 bits per heavy atom. The molecule has 2 amide bonds. The van der Waals surface area contributed by atoms with Crippen molar-refractivity contribution in [3.05, 3.63) is 83.4 Å². The zero-order chi connectivity index (χ0) is 30.0. The largest absolute Gasteiger partial charge is 0.496 e. The van der Waals surface area contributed by atoms with Gasteiger partial charge in [0.1, 0.15) is 17.1 Å². The van der Waals surface area contributed by atoms with E-state index in [1.54, 1.807) is 24.3 Å². The molecule has 9 nitrogen and oxygen atoms in total. The van der Waals surface area contributed by atoms with Gasteiger partial charge in [-0.05, 0) is 61.1 Å². The average molecular weight is 587 g/mol. The molecular formula is C34H42N4O5. The second kappa shape index (κ2) is 14.9. The van der Waals surface area contributed by atoms with Crippen LogP contribution in [-0.2, 0) is 11.2 Å². The molecule has 0 bridgehead atoms. The molecule has 9 heteroatoms. The van der Waals surface area contributed by atoms with Gasteiger partial charge in [-0.25, -0.2) is 0 Å². The van der Waals surface area contributed by atoms with Crippen LogP contribution in [0.5, 0.6) is 11.5 Å². The second-order valence-corrected chi connectivity index (χ2v) is 11.1. The number of piperidine rings is 1. The van der Waals surface area contributed by atoms with Gasteiger partial charge in [-0.3, -0.25) is 14.5 Å². The Labute approximate surface area is 254 Å². The van der Waals surface area contributed by atoms with E-state index in [-0.39, 0.29) is 11.8 Å². The highest BCUT2D eigenvalue weighted by atomic mass is 16.5. The predicted molar refractivity (Wildman–Crippen MR) is 169 cm³/mol. The molecule has 43 heavy (non-hydrogen) atoms. The van der Waals surface area contributed by atoms with Crippen LogP contribution in [0.25, 0.3) is 0 Å². The summed E-state index contributed by atoms with van der Waals surface area (Å²) in [5.74, 6) is 0.905. The number of carbonyl (C=O) groups is 2. The van der Waals surface area contributed by atoms with Crippen molar-refractivity contribution in [3.63, 3.8) is 0 Å². The number of hydrogen-bond donors (Lipinski definition) is 2. The van der Waals surface area contributed by atoms with Crippen LogP contribution >= 0.6 is 0 Å². The van der Waals surface area contributed by atoms with Crippen LogP contribution in [0.15, 0.2) is 66.7 Å². The third kappa shape index (κ3) is 7.86. The highest BCUT2D eigenvalue weighted by molar-refractivity contribution is 6.09. The minimum absolute atomic E-state index is 0.152. The van der Waals surface area contributed by atoms with Gasteiger partial charge in [0.2, 0.25) is 0 Å². The Balaban J connectivity index is 1.32. The lowest BCUT2D eigenvalue weighted by atomic mass is 9.89. The average Bonchev–Trinajstić information content (AvgIpc) is 3.05. The number of nitrogens with one attached hydrogen (secondary N) is 2. The molecule has 2 fully saturated rings. The summed E-state index contributed by atoms with van der Waals surface area (Å²) >= 11 is 0. The highest BCUT2D eigenvalue weighted by Crippen LogP contribution is 2.32. The Bertz CT molecular complexity index is 1350. The first-order chi connectivity index (χ1) is 21.1. The summed E-state index contributed by atoms with van der Waals surface area (Å²) < 4.78 is 16.3. The summed E-state index contributed by atoms with van der Waals surface area (Å²) in [6.45, 7) is 6.21. The van der Waals surface area contributed by atoms with Gasteiger partial charge < -0.3 is 29.7 Å². The SMILES string of the molecule is COc1cccc(OC)c1C(=O)Nc1ccc(N2CCC(Cc3ccccc3)CC2)c(C(=O)NCCN2CCOCC2)c1. The second-order valence-electron chi connectivity index (χ2n) is 11.1. The Hall–Kier alpha value is -4.08. The van der Waals surface area contributed by atoms with Gasteiger partial charge in [0.25, 0.3) is 11.8 Å². The number of nitrogens with zero attached hydrogens (tertiary/aromatic N) is 2. The van der Waals surface area contributed by atoms with E-state index in [0.717, 1.165) is 70.9 Å². The molecule has 0 radical (unpaired) electrons. The van der Waals surface area contributed by atoms with Crippen LogP contribution in [0.4, 0.5) is 11.4 Å². The summed E-state index contributed by atoms with van der Waals surface area (Å²) in [7, 11) is 3.03. The third-order valence-electron chi connectivity index (χ3n) is 8.29. The molecule has 2 heterocycles. The van der Waals surface area contributed by atoms with E-state index < -0.39 is 0 Å². The minimum atomic E-state index is -0.373. The van der Waals surface area contributed by atoms with Gasteiger partial charge in [0.05, 0.1) is 33.0 Å². The number of carbonyl (C=O) groups excluding carboxylic acids is 2. The van der Waals surface area contributed by atoms with Crippen LogP contribution in [0.3, 0.4) is 0 Å². The van der Waals surface area contributed by atoms with Gasteiger partial charge in [-0.15, -0.1) is 0 Å². The summed E-state index contributed by atoms with van der Waals surface area (Å²) in [4.78, 5) is 31.6. The molecule has 0 aliphatic carbocycles. The van der Waals surface area contributed by atoms with Crippen molar-refractivity contribution >= 4 is 23.2 Å². The number of morpholine rings is 1. The van der Waals surface area contributed by atoms with Gasteiger partial charge in [0.15, 0.2) is 0 Å². The topological polar surface area (TPSA) is 92.4 Å². The predicted octanol–water partition coefficient (Wildman–Crippen LogP) is 4.48. The number of anilines is 2. The van der Waals surface area contributed by atoms with E-state index in [4.69, 9.17) is 14.2 Å². The molecule has 2 saturated heterocycles. The third-order valence-corrected chi connectivity index (χ3v) is 8.29. The van der Waals surface area contributed by atoms with Crippen LogP contribution in [0.1, 0.15) is 39.1 Å². The standard InChI is InChI=1S/C34H42N4O5/c1-41-30-9-6-10-31(42-2)32(30)34(40)36-27-11-12-29(28(24-27)33(39)35-15-18-37-19-21-43-22-20-37)38-16-13-26(14-17-38)23-25-7-4-3-5-8-25/h3-12,24,26H,13-23H2,1-2H3,(H,35,39)(H,36,40). The lowest BCUT2D eigenvalue weighted by Crippen LogP contribution is -2.41. The van der Waals surface area contributed by atoms with Gasteiger partial charge >= 0.3 is 0 Å². The molecule has 2 aliphatic heterocycles. The van der Waals surface area contributed by atoms with E-state index in [0.29, 0.717) is 40.8 Å². The number of methoxy groups -OCH3 is 2. The first-order valence-electron chi connectivity index (χ1n) is 15.1. The van der Waals surface area contributed by atoms with Crippen molar-refractivity contribution in [2.45, 2.75) is 19.3 Å². The maximum atomic E-state index is 13.6. The van der Waals surface area contributed by atoms with Crippen molar-refractivity contribution in [2.24, 2.45) is 5.92 Å². The van der Waals surface area contributed by atoms with Crippen LogP contribution < -0.4 is 25.0 Å². The minimum Gasteiger partial charge on any atom is -0.496 e. The van der Waals surface area contributed by atoms with E-state index in [2.05, 4.69) is 50.8 Å². The fourth-order valence-electron chi connectivity index (χ4n) is 5.91. The monoisotopic (exact) mass is 586 g/mol. The molecule has 2 aliphatic rings.